The second-order valence-electron chi connectivity index (χ2n) is 6.39. The second-order valence-corrected chi connectivity index (χ2v) is 6.39. The van der Waals surface area contributed by atoms with E-state index >= 15 is 0 Å². The van der Waals surface area contributed by atoms with Crippen LogP contribution in [0.1, 0.15) is 25.8 Å². The Labute approximate surface area is 149 Å². The molecule has 3 aromatic rings. The monoisotopic (exact) mass is 336 g/mol. The fourth-order valence-electron chi connectivity index (χ4n) is 3.21. The molecule has 0 aliphatic heterocycles. The molecule has 3 heteroatoms. The molecule has 3 rings (SSSR count). The molecule has 0 atom stereocenters. The van der Waals surface area contributed by atoms with Crippen LogP contribution in [-0.4, -0.2) is 29.5 Å². The normalized spacial score (nSPS) is 11.4. The molecule has 130 valence electrons. The molecule has 0 aliphatic carbocycles. The Morgan fingerprint density at radius 2 is 1.80 bits per heavy atom. The summed E-state index contributed by atoms with van der Waals surface area (Å²) >= 11 is 0. The van der Waals surface area contributed by atoms with Crippen LogP contribution in [0.3, 0.4) is 0 Å². The fraction of sp³-hybridized carbons (Fsp3) is 0.318. The highest BCUT2D eigenvalue weighted by molar-refractivity contribution is 5.84. The number of pyridine rings is 1. The molecule has 0 saturated carbocycles. The molecule has 0 fully saturated rings. The minimum Gasteiger partial charge on any atom is -0.304 e. The van der Waals surface area contributed by atoms with E-state index in [1.165, 1.54) is 11.6 Å². The Kier molecular flexibility index (Phi) is 5.77. The molecule has 0 bridgehead atoms. The van der Waals surface area contributed by atoms with Crippen molar-refractivity contribution in [1.29, 1.82) is 0 Å². The highest BCUT2D eigenvalue weighted by atomic mass is 19.1. The maximum Gasteiger partial charge on any atom is 0.123 e. The third kappa shape index (κ3) is 4.43. The molecule has 0 N–H and O–H groups in total. The number of hydrogen-bond donors (Lipinski definition) is 0. The number of aryl methyl sites for hydroxylation is 1. The molecule has 0 spiro atoms. The highest BCUT2D eigenvalue weighted by Gasteiger charge is 2.04. The first kappa shape index (κ1) is 17.6. The first-order valence-electron chi connectivity index (χ1n) is 9.06. The van der Waals surface area contributed by atoms with E-state index in [4.69, 9.17) is 0 Å². The number of benzene rings is 2. The van der Waals surface area contributed by atoms with Crippen LogP contribution in [-0.2, 0) is 6.42 Å². The van der Waals surface area contributed by atoms with Gasteiger partial charge >= 0.3 is 0 Å². The lowest BCUT2D eigenvalue weighted by atomic mass is 10.0. The van der Waals surface area contributed by atoms with Crippen LogP contribution in [0, 0.1) is 5.82 Å². The minimum atomic E-state index is -0.220. The van der Waals surface area contributed by atoms with Gasteiger partial charge < -0.3 is 4.90 Å². The third-order valence-electron chi connectivity index (χ3n) is 4.74. The van der Waals surface area contributed by atoms with Crippen molar-refractivity contribution in [1.82, 2.24) is 9.88 Å². The number of aromatic nitrogens is 1. The van der Waals surface area contributed by atoms with Crippen molar-refractivity contribution in [2.75, 3.05) is 19.6 Å². The number of fused-ring (bicyclic) bond motifs is 1. The van der Waals surface area contributed by atoms with Crippen molar-refractivity contribution >= 4 is 10.9 Å². The number of hydrogen-bond acceptors (Lipinski definition) is 2. The van der Waals surface area contributed by atoms with Crippen LogP contribution in [0.2, 0.25) is 0 Å². The van der Waals surface area contributed by atoms with Crippen molar-refractivity contribution in [3.05, 3.63) is 66.1 Å². The van der Waals surface area contributed by atoms with E-state index in [0.717, 1.165) is 54.5 Å². The predicted octanol–water partition coefficient (Wildman–Crippen LogP) is 5.32. The summed E-state index contributed by atoms with van der Waals surface area (Å²) in [7, 11) is 0. The Morgan fingerprint density at radius 1 is 0.960 bits per heavy atom. The van der Waals surface area contributed by atoms with E-state index in [1.807, 2.05) is 12.3 Å². The lowest BCUT2D eigenvalue weighted by molar-refractivity contribution is 0.300. The van der Waals surface area contributed by atoms with Crippen molar-refractivity contribution < 1.29 is 4.39 Å². The van der Waals surface area contributed by atoms with Gasteiger partial charge in [0.05, 0.1) is 5.52 Å². The van der Waals surface area contributed by atoms with Gasteiger partial charge in [0.15, 0.2) is 0 Å². The molecular formula is C22H25FN2. The number of rotatable bonds is 7. The average Bonchev–Trinajstić information content (AvgIpc) is 2.64. The van der Waals surface area contributed by atoms with E-state index in [-0.39, 0.29) is 5.82 Å². The van der Waals surface area contributed by atoms with Crippen LogP contribution in [0.4, 0.5) is 4.39 Å². The van der Waals surface area contributed by atoms with E-state index in [9.17, 15) is 4.39 Å². The molecule has 0 saturated heterocycles. The topological polar surface area (TPSA) is 16.1 Å². The van der Waals surface area contributed by atoms with Gasteiger partial charge in [0, 0.05) is 17.1 Å². The maximum atomic E-state index is 13.5. The van der Waals surface area contributed by atoms with Crippen LogP contribution < -0.4 is 0 Å². The zero-order chi connectivity index (χ0) is 17.6. The summed E-state index contributed by atoms with van der Waals surface area (Å²) in [6.45, 7) is 7.76. The molecular weight excluding hydrogens is 311 g/mol. The van der Waals surface area contributed by atoms with Gasteiger partial charge in [-0.1, -0.05) is 32.0 Å². The van der Waals surface area contributed by atoms with Gasteiger partial charge in [-0.25, -0.2) is 4.39 Å². The van der Waals surface area contributed by atoms with Crippen molar-refractivity contribution in [2.45, 2.75) is 26.7 Å². The lowest BCUT2D eigenvalue weighted by Crippen LogP contribution is -2.24. The minimum absolute atomic E-state index is 0.220. The molecule has 2 nitrogen and oxygen atoms in total. The van der Waals surface area contributed by atoms with Crippen LogP contribution in [0.5, 0.6) is 0 Å². The molecule has 0 amide bonds. The maximum absolute atomic E-state index is 13.5. The zero-order valence-corrected chi connectivity index (χ0v) is 15.0. The summed E-state index contributed by atoms with van der Waals surface area (Å²) in [5.74, 6) is -0.220. The van der Waals surface area contributed by atoms with Gasteiger partial charge in [-0.05, 0) is 73.9 Å². The largest absolute Gasteiger partial charge is 0.304 e. The Morgan fingerprint density at radius 3 is 2.56 bits per heavy atom. The first-order chi connectivity index (χ1) is 12.2. The summed E-state index contributed by atoms with van der Waals surface area (Å²) in [4.78, 5) is 6.98. The molecule has 1 heterocycles. The average molecular weight is 336 g/mol. The van der Waals surface area contributed by atoms with E-state index in [2.05, 4.69) is 48.0 Å². The summed E-state index contributed by atoms with van der Waals surface area (Å²) in [6, 6.07) is 15.2. The predicted molar refractivity (Wildman–Crippen MR) is 103 cm³/mol. The van der Waals surface area contributed by atoms with Crippen LogP contribution in [0.25, 0.3) is 22.0 Å². The van der Waals surface area contributed by atoms with Crippen molar-refractivity contribution in [2.24, 2.45) is 0 Å². The molecule has 1 aromatic heterocycles. The fourth-order valence-corrected chi connectivity index (χ4v) is 3.21. The van der Waals surface area contributed by atoms with E-state index in [0.29, 0.717) is 0 Å². The standard InChI is InChI=1S/C22H25FN2/c1-3-25(4-2)12-6-7-17-10-11-22-19(13-17)14-20(16-24-22)18-8-5-9-21(23)15-18/h5,8-11,13-16H,3-4,6-7,12H2,1-2H3. The Bertz CT molecular complexity index is 840. The summed E-state index contributed by atoms with van der Waals surface area (Å²) in [6.07, 6.45) is 4.04. The smallest absolute Gasteiger partial charge is 0.123 e. The summed E-state index contributed by atoms with van der Waals surface area (Å²) < 4.78 is 13.5. The molecule has 0 unspecified atom stereocenters. The molecule has 0 aliphatic rings. The van der Waals surface area contributed by atoms with E-state index < -0.39 is 0 Å². The van der Waals surface area contributed by atoms with Gasteiger partial charge in [0.25, 0.3) is 0 Å². The van der Waals surface area contributed by atoms with E-state index in [1.54, 1.807) is 12.1 Å². The Balaban J connectivity index is 1.79. The summed E-state index contributed by atoms with van der Waals surface area (Å²) in [5, 5.41) is 1.11. The zero-order valence-electron chi connectivity index (χ0n) is 15.0. The number of nitrogens with zero attached hydrogens (tertiary/aromatic N) is 2. The first-order valence-corrected chi connectivity index (χ1v) is 9.06. The van der Waals surface area contributed by atoms with Gasteiger partial charge in [0.2, 0.25) is 0 Å². The Hall–Kier alpha value is -2.26. The second kappa shape index (κ2) is 8.21. The summed E-state index contributed by atoms with van der Waals surface area (Å²) in [5.41, 5.74) is 4.12. The van der Waals surface area contributed by atoms with Crippen molar-refractivity contribution in [3.63, 3.8) is 0 Å². The SMILES string of the molecule is CCN(CC)CCCc1ccc2ncc(-c3cccc(F)c3)cc2c1. The van der Waals surface area contributed by atoms with Gasteiger partial charge in [0.1, 0.15) is 5.82 Å². The highest BCUT2D eigenvalue weighted by Crippen LogP contribution is 2.24. The number of halogens is 1. The van der Waals surface area contributed by atoms with Crippen LogP contribution >= 0.6 is 0 Å². The van der Waals surface area contributed by atoms with Crippen LogP contribution in [0.15, 0.2) is 54.7 Å². The molecule has 0 radical (unpaired) electrons. The van der Waals surface area contributed by atoms with Gasteiger partial charge in [-0.15, -0.1) is 0 Å². The lowest BCUT2D eigenvalue weighted by Gasteiger charge is -2.17. The molecule has 2 aromatic carbocycles. The van der Waals surface area contributed by atoms with Gasteiger partial charge in [-0.2, -0.15) is 0 Å². The molecule has 25 heavy (non-hydrogen) atoms. The third-order valence-corrected chi connectivity index (χ3v) is 4.74. The van der Waals surface area contributed by atoms with Gasteiger partial charge in [-0.3, -0.25) is 4.98 Å². The quantitative estimate of drug-likeness (QED) is 0.581. The van der Waals surface area contributed by atoms with Crippen molar-refractivity contribution in [3.8, 4) is 11.1 Å².